The molecule has 0 bridgehead atoms. The molecule has 1 rings (SSSR count). The Morgan fingerprint density at radius 3 is 2.85 bits per heavy atom. The number of halogens is 2. The van der Waals surface area contributed by atoms with E-state index in [0.717, 1.165) is 12.1 Å². The molecule has 0 radical (unpaired) electrons. The minimum atomic E-state index is -0.788. The number of hydrogen-bond acceptors (Lipinski definition) is 1. The number of nitrogens with zero attached hydrogens (tertiary/aromatic N) is 3. The monoisotopic (exact) mass is 199 g/mol. The van der Waals surface area contributed by atoms with Crippen molar-refractivity contribution < 1.29 is 9.18 Å². The highest BCUT2D eigenvalue weighted by Gasteiger charge is 2.06. The Morgan fingerprint density at radius 2 is 2.31 bits per heavy atom. The van der Waals surface area contributed by atoms with Crippen LogP contribution in [0.4, 0.5) is 4.39 Å². The Kier molecular flexibility index (Phi) is 2.84. The van der Waals surface area contributed by atoms with Gasteiger partial charge in [0.15, 0.2) is 0 Å². The fourth-order valence-corrected chi connectivity index (χ4v) is 0.908. The third-order valence-corrected chi connectivity index (χ3v) is 1.59. The van der Waals surface area contributed by atoms with E-state index < -0.39 is 11.7 Å². The van der Waals surface area contributed by atoms with Crippen molar-refractivity contribution in [1.29, 1.82) is 0 Å². The Balaban J connectivity index is 3.10. The Bertz CT molecular complexity index is 401. The van der Waals surface area contributed by atoms with Crippen LogP contribution < -0.4 is 0 Å². The van der Waals surface area contributed by atoms with Crippen molar-refractivity contribution in [3.63, 3.8) is 0 Å². The number of carbonyl (C=O) groups is 1. The molecule has 1 aromatic rings. The lowest BCUT2D eigenvalue weighted by Gasteiger charge is -1.96. The van der Waals surface area contributed by atoms with Crippen molar-refractivity contribution in [2.75, 3.05) is 0 Å². The number of rotatable bonds is 1. The van der Waals surface area contributed by atoms with Crippen LogP contribution in [0.5, 0.6) is 0 Å². The van der Waals surface area contributed by atoms with Crippen molar-refractivity contribution in [2.24, 2.45) is 5.11 Å². The van der Waals surface area contributed by atoms with E-state index in [9.17, 15) is 9.18 Å². The number of carbonyl (C=O) groups excluding carboxylic acids is 1. The van der Waals surface area contributed by atoms with Crippen LogP contribution in [0.2, 0.25) is 5.02 Å². The van der Waals surface area contributed by atoms with E-state index in [2.05, 4.69) is 10.0 Å². The van der Waals surface area contributed by atoms with Gasteiger partial charge in [-0.2, -0.15) is 0 Å². The predicted octanol–water partition coefficient (Wildman–Crippen LogP) is 2.93. The van der Waals surface area contributed by atoms with Crippen LogP contribution in [0.15, 0.2) is 23.3 Å². The van der Waals surface area contributed by atoms with Crippen LogP contribution >= 0.6 is 11.6 Å². The second-order valence-electron chi connectivity index (χ2n) is 2.12. The largest absolute Gasteiger partial charge is 0.287 e. The molecule has 0 fully saturated rings. The van der Waals surface area contributed by atoms with E-state index in [-0.39, 0.29) is 10.6 Å². The summed E-state index contributed by atoms with van der Waals surface area (Å²) in [6, 6.07) is 3.33. The van der Waals surface area contributed by atoms with Crippen LogP contribution in [-0.4, -0.2) is 5.91 Å². The lowest BCUT2D eigenvalue weighted by molar-refractivity contribution is 0.100. The molecule has 0 aliphatic heterocycles. The van der Waals surface area contributed by atoms with Crippen LogP contribution in [0.1, 0.15) is 10.4 Å². The summed E-state index contributed by atoms with van der Waals surface area (Å²) in [5, 5.41) is 2.64. The smallest absolute Gasteiger partial charge is 0.249 e. The number of azide groups is 1. The van der Waals surface area contributed by atoms with Gasteiger partial charge in [0.05, 0.1) is 5.02 Å². The normalized spacial score (nSPS) is 9.08. The van der Waals surface area contributed by atoms with E-state index in [0.29, 0.717) is 0 Å². The van der Waals surface area contributed by atoms with Gasteiger partial charge in [-0.1, -0.05) is 11.6 Å². The third kappa shape index (κ3) is 2.18. The van der Waals surface area contributed by atoms with Gasteiger partial charge in [0, 0.05) is 10.5 Å². The van der Waals surface area contributed by atoms with E-state index in [1.54, 1.807) is 0 Å². The summed E-state index contributed by atoms with van der Waals surface area (Å²) in [6.45, 7) is 0. The van der Waals surface area contributed by atoms with Gasteiger partial charge in [-0.05, 0) is 28.8 Å². The van der Waals surface area contributed by atoms with E-state index in [4.69, 9.17) is 17.1 Å². The first-order valence-electron chi connectivity index (χ1n) is 3.19. The van der Waals surface area contributed by atoms with Crippen molar-refractivity contribution in [1.82, 2.24) is 0 Å². The fraction of sp³-hybridized carbons (Fsp3) is 0. The summed E-state index contributed by atoms with van der Waals surface area (Å²) in [5.41, 5.74) is 8.01. The Morgan fingerprint density at radius 1 is 1.62 bits per heavy atom. The molecule has 1 aromatic carbocycles. The molecular formula is C7H3ClFN3O. The number of hydrogen-bond donors (Lipinski definition) is 0. The van der Waals surface area contributed by atoms with Gasteiger partial charge in [-0.3, -0.25) is 4.79 Å². The third-order valence-electron chi connectivity index (χ3n) is 1.30. The molecule has 0 heterocycles. The highest BCUT2D eigenvalue weighted by atomic mass is 35.5. The highest BCUT2D eigenvalue weighted by molar-refractivity contribution is 6.31. The molecular weight excluding hydrogens is 197 g/mol. The lowest BCUT2D eigenvalue weighted by atomic mass is 10.2. The molecule has 0 atom stereocenters. The zero-order valence-electron chi connectivity index (χ0n) is 6.24. The van der Waals surface area contributed by atoms with Gasteiger partial charge in [0.25, 0.3) is 0 Å². The van der Waals surface area contributed by atoms with Crippen LogP contribution in [-0.2, 0) is 0 Å². The van der Waals surface area contributed by atoms with Crippen molar-refractivity contribution in [3.8, 4) is 0 Å². The first-order chi connectivity index (χ1) is 6.15. The van der Waals surface area contributed by atoms with Gasteiger partial charge in [0.1, 0.15) is 5.82 Å². The minimum Gasteiger partial charge on any atom is -0.287 e. The zero-order valence-corrected chi connectivity index (χ0v) is 6.99. The molecule has 0 aliphatic carbocycles. The molecule has 6 heteroatoms. The second kappa shape index (κ2) is 3.89. The average Bonchev–Trinajstić information content (AvgIpc) is 2.10. The van der Waals surface area contributed by atoms with E-state index >= 15 is 0 Å². The molecule has 0 unspecified atom stereocenters. The summed E-state index contributed by atoms with van der Waals surface area (Å²) in [6.07, 6.45) is 0. The average molecular weight is 200 g/mol. The van der Waals surface area contributed by atoms with E-state index in [1.165, 1.54) is 6.07 Å². The molecule has 4 nitrogen and oxygen atoms in total. The molecule has 0 spiro atoms. The molecule has 1 amide bonds. The summed E-state index contributed by atoms with van der Waals surface area (Å²) < 4.78 is 12.6. The maximum atomic E-state index is 12.6. The molecule has 13 heavy (non-hydrogen) atoms. The van der Waals surface area contributed by atoms with Gasteiger partial charge in [0.2, 0.25) is 5.91 Å². The maximum Gasteiger partial charge on any atom is 0.249 e. The fourth-order valence-electron chi connectivity index (χ4n) is 0.728. The topological polar surface area (TPSA) is 65.8 Å². The van der Waals surface area contributed by atoms with Gasteiger partial charge >= 0.3 is 0 Å². The zero-order chi connectivity index (χ0) is 9.84. The summed E-state index contributed by atoms with van der Waals surface area (Å²) >= 11 is 5.40. The Labute approximate surface area is 77.6 Å². The van der Waals surface area contributed by atoms with Crippen molar-refractivity contribution >= 4 is 17.5 Å². The second-order valence-corrected chi connectivity index (χ2v) is 2.53. The van der Waals surface area contributed by atoms with Crippen molar-refractivity contribution in [2.45, 2.75) is 0 Å². The van der Waals surface area contributed by atoms with Crippen molar-refractivity contribution in [3.05, 3.63) is 45.0 Å². The molecule has 0 N–H and O–H groups in total. The van der Waals surface area contributed by atoms with Gasteiger partial charge in [-0.15, -0.1) is 0 Å². The molecule has 0 aromatic heterocycles. The summed E-state index contributed by atoms with van der Waals surface area (Å²) in [5.74, 6) is -1.41. The first kappa shape index (κ1) is 9.51. The quantitative estimate of drug-likeness (QED) is 0.390. The molecule has 0 aliphatic rings. The molecule has 0 saturated heterocycles. The van der Waals surface area contributed by atoms with E-state index in [1.807, 2.05) is 0 Å². The number of amides is 1. The first-order valence-corrected chi connectivity index (χ1v) is 3.57. The summed E-state index contributed by atoms with van der Waals surface area (Å²) in [4.78, 5) is 13.2. The van der Waals surface area contributed by atoms with Gasteiger partial charge < -0.3 is 0 Å². The maximum absolute atomic E-state index is 12.6. The molecule has 0 saturated carbocycles. The predicted molar refractivity (Wildman–Crippen MR) is 44.9 cm³/mol. The number of benzene rings is 1. The highest BCUT2D eigenvalue weighted by Crippen LogP contribution is 2.16. The van der Waals surface area contributed by atoms with Crippen LogP contribution in [0.3, 0.4) is 0 Å². The summed E-state index contributed by atoms with van der Waals surface area (Å²) in [7, 11) is 0. The Hall–Kier alpha value is -1.58. The standard InChI is InChI=1S/C7H3ClFN3O/c8-5-3-4(1-2-6(5)9)7(13)11-12-10/h1-3H. The van der Waals surface area contributed by atoms with Crippen LogP contribution in [0.25, 0.3) is 10.4 Å². The lowest BCUT2D eigenvalue weighted by Crippen LogP contribution is -1.93. The minimum absolute atomic E-state index is 0.0594. The van der Waals surface area contributed by atoms with Gasteiger partial charge in [-0.25, -0.2) is 4.39 Å². The molecule has 66 valence electrons. The van der Waals surface area contributed by atoms with Crippen LogP contribution in [0, 0.1) is 5.82 Å². The SMILES string of the molecule is [N-]=[N+]=NC(=O)c1ccc(F)c(Cl)c1.